The Morgan fingerprint density at radius 3 is 1.92 bits per heavy atom. The van der Waals surface area contributed by atoms with E-state index in [0.29, 0.717) is 0 Å². The van der Waals surface area contributed by atoms with Crippen LogP contribution < -0.4 is 0 Å². The molecule has 1 saturated carbocycles. The predicted octanol–water partition coefficient (Wildman–Crippen LogP) is 3.20. The first-order valence-corrected chi connectivity index (χ1v) is 5.50. The van der Waals surface area contributed by atoms with Crippen molar-refractivity contribution in [2.45, 2.75) is 32.1 Å². The van der Waals surface area contributed by atoms with E-state index in [2.05, 4.69) is 24.3 Å². The maximum atomic E-state index is 2.32. The Morgan fingerprint density at radius 1 is 0.846 bits per heavy atom. The van der Waals surface area contributed by atoms with E-state index in [4.69, 9.17) is 0 Å². The van der Waals surface area contributed by atoms with Crippen LogP contribution in [-0.4, -0.2) is 0 Å². The van der Waals surface area contributed by atoms with Crippen molar-refractivity contribution in [3.05, 3.63) is 35.4 Å². The third-order valence-corrected chi connectivity index (χ3v) is 3.90. The van der Waals surface area contributed by atoms with Crippen LogP contribution in [0.5, 0.6) is 0 Å². The van der Waals surface area contributed by atoms with Crippen LogP contribution in [-0.2, 0) is 12.8 Å². The summed E-state index contributed by atoms with van der Waals surface area (Å²) in [7, 11) is 0. The lowest BCUT2D eigenvalue weighted by Crippen LogP contribution is -2.20. The molecule has 3 rings (SSSR count). The van der Waals surface area contributed by atoms with E-state index in [1.165, 1.54) is 32.1 Å². The van der Waals surface area contributed by atoms with Gasteiger partial charge in [0, 0.05) is 0 Å². The minimum Gasteiger partial charge on any atom is -0.0620 e. The molecule has 0 heteroatoms. The first-order valence-electron chi connectivity index (χ1n) is 5.50. The lowest BCUT2D eigenvalue weighted by atomic mass is 9.78. The van der Waals surface area contributed by atoms with E-state index in [1.807, 2.05) is 0 Å². The van der Waals surface area contributed by atoms with E-state index in [-0.39, 0.29) is 0 Å². The number of rotatable bonds is 0. The van der Waals surface area contributed by atoms with Gasteiger partial charge in [-0.05, 0) is 48.6 Å². The molecule has 0 bridgehead atoms. The summed E-state index contributed by atoms with van der Waals surface area (Å²) in [6.07, 6.45) is 7.17. The second kappa shape index (κ2) is 2.87. The molecule has 0 N–H and O–H groups in total. The Labute approximate surface area is 80.0 Å². The standard InChI is InChI=1S/C13H16/c1-2-5-11-9-13-7-3-6-12(13)8-10(11)4-1/h1-2,4-5,12-13H,3,6-9H2/t12-,13-/m0/s1. The number of benzene rings is 1. The molecule has 0 heterocycles. The SMILES string of the molecule is c1ccc2c(c1)C[C@@H]1CCC[C@H]1C2. The van der Waals surface area contributed by atoms with Crippen molar-refractivity contribution in [1.29, 1.82) is 0 Å². The third-order valence-electron chi connectivity index (χ3n) is 3.90. The zero-order valence-corrected chi connectivity index (χ0v) is 8.00. The molecule has 1 fully saturated rings. The van der Waals surface area contributed by atoms with Gasteiger partial charge >= 0.3 is 0 Å². The Morgan fingerprint density at radius 2 is 1.38 bits per heavy atom. The Kier molecular flexibility index (Phi) is 1.68. The Hall–Kier alpha value is -0.780. The van der Waals surface area contributed by atoms with Crippen LogP contribution in [0, 0.1) is 11.8 Å². The molecule has 0 aromatic heterocycles. The number of hydrogen-bond donors (Lipinski definition) is 0. The maximum absolute atomic E-state index is 2.32. The molecule has 1 aromatic rings. The van der Waals surface area contributed by atoms with Crippen molar-refractivity contribution in [1.82, 2.24) is 0 Å². The average Bonchev–Trinajstić information content (AvgIpc) is 2.61. The van der Waals surface area contributed by atoms with Gasteiger partial charge in [-0.1, -0.05) is 30.7 Å². The van der Waals surface area contributed by atoms with Crippen molar-refractivity contribution in [3.63, 3.8) is 0 Å². The van der Waals surface area contributed by atoms with Gasteiger partial charge in [0.15, 0.2) is 0 Å². The molecule has 0 nitrogen and oxygen atoms in total. The van der Waals surface area contributed by atoms with Crippen LogP contribution in [0.3, 0.4) is 0 Å². The highest BCUT2D eigenvalue weighted by Gasteiger charge is 2.31. The van der Waals surface area contributed by atoms with Gasteiger partial charge in [0.05, 0.1) is 0 Å². The molecule has 68 valence electrons. The molecule has 0 unspecified atom stereocenters. The zero-order valence-electron chi connectivity index (χ0n) is 8.00. The zero-order chi connectivity index (χ0) is 8.67. The maximum Gasteiger partial charge on any atom is -0.0245 e. The fraction of sp³-hybridized carbons (Fsp3) is 0.538. The summed E-state index contributed by atoms with van der Waals surface area (Å²) < 4.78 is 0. The van der Waals surface area contributed by atoms with Crippen molar-refractivity contribution in [2.75, 3.05) is 0 Å². The monoisotopic (exact) mass is 172 g/mol. The average molecular weight is 172 g/mol. The second-order valence-electron chi connectivity index (χ2n) is 4.63. The van der Waals surface area contributed by atoms with Gasteiger partial charge in [-0.15, -0.1) is 0 Å². The lowest BCUT2D eigenvalue weighted by Gasteiger charge is -2.27. The highest BCUT2D eigenvalue weighted by atomic mass is 14.4. The molecule has 0 amide bonds. The highest BCUT2D eigenvalue weighted by molar-refractivity contribution is 5.30. The molecule has 0 saturated heterocycles. The van der Waals surface area contributed by atoms with Crippen LogP contribution in [0.15, 0.2) is 24.3 Å². The van der Waals surface area contributed by atoms with Crippen LogP contribution >= 0.6 is 0 Å². The molecule has 1 aromatic carbocycles. The van der Waals surface area contributed by atoms with Crippen molar-refractivity contribution >= 4 is 0 Å². The van der Waals surface area contributed by atoms with Crippen molar-refractivity contribution in [2.24, 2.45) is 11.8 Å². The summed E-state index contributed by atoms with van der Waals surface area (Å²) >= 11 is 0. The van der Waals surface area contributed by atoms with E-state index in [0.717, 1.165) is 11.8 Å². The summed E-state index contributed by atoms with van der Waals surface area (Å²) in [5.74, 6) is 2.05. The molecule has 2 aliphatic carbocycles. The second-order valence-corrected chi connectivity index (χ2v) is 4.63. The smallest absolute Gasteiger partial charge is 0.0245 e. The third kappa shape index (κ3) is 1.20. The van der Waals surface area contributed by atoms with Crippen LogP contribution in [0.4, 0.5) is 0 Å². The van der Waals surface area contributed by atoms with E-state index in [1.54, 1.807) is 11.1 Å². The van der Waals surface area contributed by atoms with Crippen molar-refractivity contribution < 1.29 is 0 Å². The Bertz CT molecular complexity index is 283. The largest absolute Gasteiger partial charge is 0.0620 e. The lowest BCUT2D eigenvalue weighted by molar-refractivity contribution is 0.361. The first kappa shape index (κ1) is 7.61. The number of fused-ring (bicyclic) bond motifs is 2. The molecule has 2 atom stereocenters. The predicted molar refractivity (Wildman–Crippen MR) is 54.7 cm³/mol. The van der Waals surface area contributed by atoms with Gasteiger partial charge in [-0.3, -0.25) is 0 Å². The summed E-state index contributed by atoms with van der Waals surface area (Å²) in [4.78, 5) is 0. The van der Waals surface area contributed by atoms with Gasteiger partial charge in [0.1, 0.15) is 0 Å². The highest BCUT2D eigenvalue weighted by Crippen LogP contribution is 2.40. The topological polar surface area (TPSA) is 0 Å². The first-order chi connectivity index (χ1) is 6.43. The normalized spacial score (nSPS) is 31.1. The fourth-order valence-electron chi connectivity index (χ4n) is 3.17. The van der Waals surface area contributed by atoms with Crippen LogP contribution in [0.25, 0.3) is 0 Å². The van der Waals surface area contributed by atoms with Crippen LogP contribution in [0.2, 0.25) is 0 Å². The fourth-order valence-corrected chi connectivity index (χ4v) is 3.17. The van der Waals surface area contributed by atoms with Gasteiger partial charge in [-0.25, -0.2) is 0 Å². The molecule has 13 heavy (non-hydrogen) atoms. The van der Waals surface area contributed by atoms with E-state index in [9.17, 15) is 0 Å². The summed E-state index contributed by atoms with van der Waals surface area (Å²) in [5, 5.41) is 0. The minimum absolute atomic E-state index is 1.02. The number of hydrogen-bond acceptors (Lipinski definition) is 0. The van der Waals surface area contributed by atoms with E-state index >= 15 is 0 Å². The van der Waals surface area contributed by atoms with Gasteiger partial charge in [-0.2, -0.15) is 0 Å². The van der Waals surface area contributed by atoms with Gasteiger partial charge in [0.25, 0.3) is 0 Å². The molecule has 0 spiro atoms. The van der Waals surface area contributed by atoms with Crippen LogP contribution in [0.1, 0.15) is 30.4 Å². The van der Waals surface area contributed by atoms with Crippen molar-refractivity contribution in [3.8, 4) is 0 Å². The summed E-state index contributed by atoms with van der Waals surface area (Å²) in [6.45, 7) is 0. The molecule has 2 aliphatic rings. The molecular weight excluding hydrogens is 156 g/mol. The Balaban J connectivity index is 1.97. The van der Waals surface area contributed by atoms with E-state index < -0.39 is 0 Å². The molecule has 0 radical (unpaired) electrons. The van der Waals surface area contributed by atoms with Gasteiger partial charge < -0.3 is 0 Å². The molecular formula is C13H16. The summed E-state index contributed by atoms with van der Waals surface area (Å²) in [6, 6.07) is 9.02. The minimum atomic E-state index is 1.02. The summed E-state index contributed by atoms with van der Waals surface area (Å²) in [5.41, 5.74) is 3.26. The quantitative estimate of drug-likeness (QED) is 0.563. The molecule has 0 aliphatic heterocycles. The van der Waals surface area contributed by atoms with Gasteiger partial charge in [0.2, 0.25) is 0 Å².